The van der Waals surface area contributed by atoms with Gasteiger partial charge in [0.25, 0.3) is 0 Å². The average Bonchev–Trinajstić information content (AvgIpc) is 2.38. The number of hydrogen-bond donors (Lipinski definition) is 1. The minimum Gasteiger partial charge on any atom is -0.387 e. The quantitative estimate of drug-likeness (QED) is 0.852. The van der Waals surface area contributed by atoms with Gasteiger partial charge in [-0.3, -0.25) is 0 Å². The van der Waals surface area contributed by atoms with Gasteiger partial charge in [-0.1, -0.05) is 12.8 Å². The zero-order valence-electron chi connectivity index (χ0n) is 12.5. The smallest absolute Gasteiger partial charge is 0.211 e. The number of hydrogen-bond acceptors (Lipinski definition) is 4. The summed E-state index contributed by atoms with van der Waals surface area (Å²) in [5.41, 5.74) is -0.780. The molecular weight excluding hydrogens is 278 g/mol. The molecule has 1 saturated carbocycles. The first-order valence-electron chi connectivity index (χ1n) is 7.55. The Hall–Kier alpha value is -0.170. The number of sulfonamides is 1. The SMILES string of the molecule is COC1CCCCC1(O)CC1CCCN(S(C)(=O)=O)C1. The van der Waals surface area contributed by atoms with Crippen molar-refractivity contribution < 1.29 is 18.3 Å². The second-order valence-electron chi connectivity index (χ2n) is 6.41. The maximum Gasteiger partial charge on any atom is 0.211 e. The van der Waals surface area contributed by atoms with Crippen LogP contribution in [-0.4, -0.2) is 56.0 Å². The topological polar surface area (TPSA) is 66.8 Å². The van der Waals surface area contributed by atoms with Gasteiger partial charge >= 0.3 is 0 Å². The van der Waals surface area contributed by atoms with E-state index in [4.69, 9.17) is 4.74 Å². The zero-order chi connectivity index (χ0) is 14.8. The molecule has 0 aromatic carbocycles. The van der Waals surface area contributed by atoms with Crippen LogP contribution in [0, 0.1) is 5.92 Å². The van der Waals surface area contributed by atoms with Crippen LogP contribution >= 0.6 is 0 Å². The molecule has 1 aliphatic heterocycles. The van der Waals surface area contributed by atoms with Crippen LogP contribution in [0.1, 0.15) is 44.9 Å². The van der Waals surface area contributed by atoms with Gasteiger partial charge < -0.3 is 9.84 Å². The molecule has 1 saturated heterocycles. The second kappa shape index (κ2) is 6.30. The Balaban J connectivity index is 2.01. The van der Waals surface area contributed by atoms with Gasteiger partial charge in [0.1, 0.15) is 0 Å². The van der Waals surface area contributed by atoms with E-state index in [1.54, 1.807) is 11.4 Å². The minimum atomic E-state index is -3.12. The fourth-order valence-electron chi connectivity index (χ4n) is 3.76. The van der Waals surface area contributed by atoms with Crippen molar-refractivity contribution in [3.63, 3.8) is 0 Å². The van der Waals surface area contributed by atoms with Crippen molar-refractivity contribution in [3.05, 3.63) is 0 Å². The number of piperidine rings is 1. The molecule has 1 N–H and O–H groups in total. The van der Waals surface area contributed by atoms with Gasteiger partial charge in [-0.15, -0.1) is 0 Å². The highest BCUT2D eigenvalue weighted by molar-refractivity contribution is 7.88. The summed E-state index contributed by atoms with van der Waals surface area (Å²) in [7, 11) is -1.46. The van der Waals surface area contributed by atoms with Crippen LogP contribution in [0.5, 0.6) is 0 Å². The Morgan fingerprint density at radius 1 is 1.30 bits per heavy atom. The monoisotopic (exact) mass is 305 g/mol. The molecule has 3 unspecified atom stereocenters. The van der Waals surface area contributed by atoms with Gasteiger partial charge in [0.05, 0.1) is 18.0 Å². The van der Waals surface area contributed by atoms with Crippen LogP contribution in [-0.2, 0) is 14.8 Å². The predicted octanol–water partition coefficient (Wildman–Crippen LogP) is 1.37. The first-order chi connectivity index (χ1) is 9.35. The Morgan fingerprint density at radius 2 is 2.05 bits per heavy atom. The molecule has 118 valence electrons. The summed E-state index contributed by atoms with van der Waals surface area (Å²) in [5, 5.41) is 10.9. The van der Waals surface area contributed by atoms with Gasteiger partial charge in [-0.25, -0.2) is 12.7 Å². The van der Waals surface area contributed by atoms with E-state index >= 15 is 0 Å². The lowest BCUT2D eigenvalue weighted by molar-refractivity contribution is -0.130. The van der Waals surface area contributed by atoms with Crippen LogP contribution in [0.2, 0.25) is 0 Å². The molecule has 1 heterocycles. The standard InChI is InChI=1S/C14H27NO4S/c1-19-13-7-3-4-8-14(13,16)10-12-6-5-9-15(11-12)20(2,17)18/h12-13,16H,3-11H2,1-2H3. The number of rotatable bonds is 4. The van der Waals surface area contributed by atoms with Crippen molar-refractivity contribution in [2.24, 2.45) is 5.92 Å². The van der Waals surface area contributed by atoms with Crippen LogP contribution in [0.3, 0.4) is 0 Å². The van der Waals surface area contributed by atoms with E-state index < -0.39 is 15.6 Å². The third-order valence-electron chi connectivity index (χ3n) is 4.80. The Morgan fingerprint density at radius 3 is 2.70 bits per heavy atom. The van der Waals surface area contributed by atoms with Gasteiger partial charge in [0.15, 0.2) is 0 Å². The molecule has 5 nitrogen and oxygen atoms in total. The zero-order valence-corrected chi connectivity index (χ0v) is 13.4. The van der Waals surface area contributed by atoms with Gasteiger partial charge in [0.2, 0.25) is 10.0 Å². The Kier molecular flexibility index (Phi) is 5.10. The normalized spacial score (nSPS) is 37.0. The first-order valence-corrected chi connectivity index (χ1v) is 9.40. The summed E-state index contributed by atoms with van der Waals surface area (Å²) >= 11 is 0. The van der Waals surface area contributed by atoms with Crippen molar-refractivity contribution in [1.29, 1.82) is 0 Å². The molecule has 0 spiro atoms. The number of methoxy groups -OCH3 is 1. The summed E-state index contributed by atoms with van der Waals surface area (Å²) in [5.74, 6) is 0.235. The molecule has 0 radical (unpaired) electrons. The van der Waals surface area contributed by atoms with Crippen LogP contribution < -0.4 is 0 Å². The van der Waals surface area contributed by atoms with Gasteiger partial charge in [0, 0.05) is 20.2 Å². The fraction of sp³-hybridized carbons (Fsp3) is 1.00. The fourth-order valence-corrected chi connectivity index (χ4v) is 4.70. The molecule has 0 aromatic rings. The highest BCUT2D eigenvalue weighted by Crippen LogP contribution is 2.37. The summed E-state index contributed by atoms with van der Waals surface area (Å²) in [6.45, 7) is 1.15. The molecular formula is C14H27NO4S. The van der Waals surface area contributed by atoms with E-state index in [1.165, 1.54) is 6.26 Å². The third kappa shape index (κ3) is 3.72. The van der Waals surface area contributed by atoms with Gasteiger partial charge in [-0.05, 0) is 38.0 Å². The summed E-state index contributed by atoms with van der Waals surface area (Å²) in [4.78, 5) is 0. The molecule has 0 amide bonds. The van der Waals surface area contributed by atoms with Gasteiger partial charge in [-0.2, -0.15) is 0 Å². The van der Waals surface area contributed by atoms with Crippen molar-refractivity contribution in [2.45, 2.75) is 56.7 Å². The lowest BCUT2D eigenvalue weighted by Gasteiger charge is -2.43. The van der Waals surface area contributed by atoms with E-state index in [0.717, 1.165) is 38.5 Å². The summed E-state index contributed by atoms with van der Waals surface area (Å²) in [6.07, 6.45) is 7.47. The number of ether oxygens (including phenoxy) is 1. The molecule has 1 aliphatic carbocycles. The van der Waals surface area contributed by atoms with E-state index in [1.807, 2.05) is 0 Å². The molecule has 6 heteroatoms. The third-order valence-corrected chi connectivity index (χ3v) is 6.07. The molecule has 0 bridgehead atoms. The molecule has 2 fully saturated rings. The average molecular weight is 305 g/mol. The molecule has 0 aromatic heterocycles. The first kappa shape index (κ1) is 16.2. The van der Waals surface area contributed by atoms with Crippen molar-refractivity contribution in [1.82, 2.24) is 4.31 Å². The van der Waals surface area contributed by atoms with E-state index in [9.17, 15) is 13.5 Å². The maximum absolute atomic E-state index is 11.7. The van der Waals surface area contributed by atoms with E-state index in [-0.39, 0.29) is 12.0 Å². The van der Waals surface area contributed by atoms with Crippen molar-refractivity contribution in [3.8, 4) is 0 Å². The second-order valence-corrected chi connectivity index (χ2v) is 8.39. The predicted molar refractivity (Wildman–Crippen MR) is 78.0 cm³/mol. The van der Waals surface area contributed by atoms with Crippen LogP contribution in [0.15, 0.2) is 0 Å². The molecule has 2 rings (SSSR count). The lowest BCUT2D eigenvalue weighted by atomic mass is 9.75. The highest BCUT2D eigenvalue weighted by Gasteiger charge is 2.42. The lowest BCUT2D eigenvalue weighted by Crippen LogP contribution is -2.49. The minimum absolute atomic E-state index is 0.107. The molecule has 20 heavy (non-hydrogen) atoms. The van der Waals surface area contributed by atoms with Crippen molar-refractivity contribution in [2.75, 3.05) is 26.5 Å². The van der Waals surface area contributed by atoms with Crippen molar-refractivity contribution >= 4 is 10.0 Å². The largest absolute Gasteiger partial charge is 0.387 e. The highest BCUT2D eigenvalue weighted by atomic mass is 32.2. The Bertz CT molecular complexity index is 425. The summed E-state index contributed by atoms with van der Waals surface area (Å²) in [6, 6.07) is 0. The van der Waals surface area contributed by atoms with E-state index in [0.29, 0.717) is 19.5 Å². The van der Waals surface area contributed by atoms with E-state index in [2.05, 4.69) is 0 Å². The Labute approximate surface area is 122 Å². The van der Waals surface area contributed by atoms with Crippen LogP contribution in [0.4, 0.5) is 0 Å². The summed E-state index contributed by atoms with van der Waals surface area (Å²) < 4.78 is 30.3. The maximum atomic E-state index is 11.7. The number of aliphatic hydroxyl groups is 1. The number of nitrogens with zero attached hydrogens (tertiary/aromatic N) is 1. The molecule has 2 aliphatic rings. The molecule has 3 atom stereocenters. The van der Waals surface area contributed by atoms with Crippen LogP contribution in [0.25, 0.3) is 0 Å².